The van der Waals surface area contributed by atoms with E-state index in [0.717, 1.165) is 10.7 Å². The van der Waals surface area contributed by atoms with Gasteiger partial charge in [0.2, 0.25) is 0 Å². The molecule has 0 spiro atoms. The summed E-state index contributed by atoms with van der Waals surface area (Å²) in [4.78, 5) is 4.71. The zero-order valence-corrected chi connectivity index (χ0v) is 11.4. The summed E-state index contributed by atoms with van der Waals surface area (Å²) in [5.74, 6) is 0.536. The first-order chi connectivity index (χ1) is 7.84. The van der Waals surface area contributed by atoms with Gasteiger partial charge in [0.15, 0.2) is 0 Å². The maximum atomic E-state index is 5.98. The number of nitrogens with zero attached hydrogens (tertiary/aromatic N) is 2. The summed E-state index contributed by atoms with van der Waals surface area (Å²) in [7, 11) is 0. The normalized spacial score (nSPS) is 21.9. The lowest BCUT2D eigenvalue weighted by Gasteiger charge is -2.03. The van der Waals surface area contributed by atoms with Crippen LogP contribution in [0.4, 0.5) is 0 Å². The Morgan fingerprint density at radius 3 is 2.47 bits per heavy atom. The number of pyridine rings is 1. The highest BCUT2D eigenvalue weighted by molar-refractivity contribution is 6.30. The standard InChI is InChI=1S/C14H17ClN2/c1-13(2)12(14(13,3)4)10-8-17-6-5-9(15)7-11(17)16-10/h5-8,12H,1-4H3. The van der Waals surface area contributed by atoms with Crippen LogP contribution in [0, 0.1) is 10.8 Å². The van der Waals surface area contributed by atoms with Crippen molar-refractivity contribution in [1.82, 2.24) is 9.38 Å². The van der Waals surface area contributed by atoms with Crippen LogP contribution in [0.15, 0.2) is 24.5 Å². The molecule has 3 rings (SSSR count). The summed E-state index contributed by atoms with van der Waals surface area (Å²) in [6, 6.07) is 3.80. The molecule has 0 aromatic carbocycles. The van der Waals surface area contributed by atoms with Crippen LogP contribution in [0.1, 0.15) is 39.3 Å². The van der Waals surface area contributed by atoms with E-state index in [-0.39, 0.29) is 0 Å². The molecule has 1 saturated carbocycles. The second-order valence-corrected chi connectivity index (χ2v) is 6.59. The molecule has 0 amide bonds. The fourth-order valence-electron chi connectivity index (χ4n) is 3.05. The zero-order chi connectivity index (χ0) is 12.4. The van der Waals surface area contributed by atoms with Crippen LogP contribution in [0.5, 0.6) is 0 Å². The van der Waals surface area contributed by atoms with Crippen molar-refractivity contribution in [3.05, 3.63) is 35.2 Å². The minimum Gasteiger partial charge on any atom is -0.307 e. The summed E-state index contributed by atoms with van der Waals surface area (Å²) in [5, 5.41) is 0.740. The lowest BCUT2D eigenvalue weighted by atomic mass is 10.0. The summed E-state index contributed by atoms with van der Waals surface area (Å²) in [5.41, 5.74) is 2.77. The van der Waals surface area contributed by atoms with Gasteiger partial charge in [-0.25, -0.2) is 4.98 Å². The molecule has 0 aliphatic heterocycles. The topological polar surface area (TPSA) is 17.3 Å². The first kappa shape index (κ1) is 11.1. The van der Waals surface area contributed by atoms with Crippen LogP contribution in [-0.4, -0.2) is 9.38 Å². The van der Waals surface area contributed by atoms with E-state index in [1.54, 1.807) is 0 Å². The SMILES string of the molecule is CC1(C)C(c2cn3ccc(Cl)cc3n2)C1(C)C. The van der Waals surface area contributed by atoms with Crippen molar-refractivity contribution in [3.63, 3.8) is 0 Å². The fourth-order valence-corrected chi connectivity index (χ4v) is 3.21. The minimum absolute atomic E-state index is 0.328. The van der Waals surface area contributed by atoms with Crippen molar-refractivity contribution in [2.45, 2.75) is 33.6 Å². The Balaban J connectivity index is 2.09. The summed E-state index contributed by atoms with van der Waals surface area (Å²) >= 11 is 5.98. The molecule has 0 atom stereocenters. The van der Waals surface area contributed by atoms with E-state index < -0.39 is 0 Å². The molecular weight excluding hydrogens is 232 g/mol. The summed E-state index contributed by atoms with van der Waals surface area (Å²) < 4.78 is 2.05. The summed E-state index contributed by atoms with van der Waals surface area (Å²) in [6.45, 7) is 9.26. The number of rotatable bonds is 1. The van der Waals surface area contributed by atoms with Crippen LogP contribution in [0.2, 0.25) is 5.02 Å². The molecule has 0 N–H and O–H groups in total. The Bertz CT molecular complexity index is 581. The number of imidazole rings is 1. The largest absolute Gasteiger partial charge is 0.307 e. The lowest BCUT2D eigenvalue weighted by molar-refractivity contribution is 0.457. The number of hydrogen-bond acceptors (Lipinski definition) is 1. The predicted octanol–water partition coefficient (Wildman–Crippen LogP) is 4.14. The van der Waals surface area contributed by atoms with Gasteiger partial charge in [0.1, 0.15) is 5.65 Å². The highest BCUT2D eigenvalue weighted by Gasteiger charge is 2.66. The number of halogens is 1. The first-order valence-corrected chi connectivity index (χ1v) is 6.36. The van der Waals surface area contributed by atoms with Gasteiger partial charge in [0.25, 0.3) is 0 Å². The maximum absolute atomic E-state index is 5.98. The van der Waals surface area contributed by atoms with Crippen LogP contribution in [0.25, 0.3) is 5.65 Å². The molecular formula is C14H17ClN2. The smallest absolute Gasteiger partial charge is 0.138 e. The van der Waals surface area contributed by atoms with E-state index in [0.29, 0.717) is 16.7 Å². The Morgan fingerprint density at radius 1 is 1.24 bits per heavy atom. The Kier molecular flexibility index (Phi) is 1.99. The third-order valence-corrected chi connectivity index (χ3v) is 4.99. The Morgan fingerprint density at radius 2 is 1.88 bits per heavy atom. The molecule has 0 unspecified atom stereocenters. The van der Waals surface area contributed by atoms with Gasteiger partial charge >= 0.3 is 0 Å². The zero-order valence-electron chi connectivity index (χ0n) is 10.7. The van der Waals surface area contributed by atoms with E-state index in [4.69, 9.17) is 16.6 Å². The number of fused-ring (bicyclic) bond motifs is 1. The molecule has 2 heterocycles. The van der Waals surface area contributed by atoms with Crippen molar-refractivity contribution in [1.29, 1.82) is 0 Å². The van der Waals surface area contributed by atoms with E-state index in [2.05, 4.69) is 33.9 Å². The second-order valence-electron chi connectivity index (χ2n) is 6.15. The van der Waals surface area contributed by atoms with E-state index in [1.807, 2.05) is 22.7 Å². The highest BCUT2D eigenvalue weighted by atomic mass is 35.5. The molecule has 1 fully saturated rings. The molecule has 2 aromatic rings. The summed E-state index contributed by atoms with van der Waals surface area (Å²) in [6.07, 6.45) is 4.10. The van der Waals surface area contributed by atoms with Crippen molar-refractivity contribution < 1.29 is 0 Å². The van der Waals surface area contributed by atoms with E-state index in [1.165, 1.54) is 5.69 Å². The second kappa shape index (κ2) is 3.05. The molecule has 90 valence electrons. The van der Waals surface area contributed by atoms with E-state index >= 15 is 0 Å². The van der Waals surface area contributed by atoms with Crippen LogP contribution in [-0.2, 0) is 0 Å². The fraction of sp³-hybridized carbons (Fsp3) is 0.500. The van der Waals surface area contributed by atoms with Gasteiger partial charge in [-0.2, -0.15) is 0 Å². The molecule has 17 heavy (non-hydrogen) atoms. The average Bonchev–Trinajstić information content (AvgIpc) is 2.56. The van der Waals surface area contributed by atoms with Gasteiger partial charge in [-0.15, -0.1) is 0 Å². The molecule has 0 bridgehead atoms. The third-order valence-electron chi connectivity index (χ3n) is 4.76. The predicted molar refractivity (Wildman–Crippen MR) is 70.5 cm³/mol. The lowest BCUT2D eigenvalue weighted by Crippen LogP contribution is -1.95. The molecule has 1 aliphatic rings. The quantitative estimate of drug-likeness (QED) is 0.742. The van der Waals surface area contributed by atoms with Crippen LogP contribution in [0.3, 0.4) is 0 Å². The molecule has 1 aliphatic carbocycles. The van der Waals surface area contributed by atoms with E-state index in [9.17, 15) is 0 Å². The Labute approximate surface area is 107 Å². The molecule has 0 radical (unpaired) electrons. The molecule has 2 aromatic heterocycles. The van der Waals surface area contributed by atoms with Crippen molar-refractivity contribution in [2.24, 2.45) is 10.8 Å². The monoisotopic (exact) mass is 248 g/mol. The molecule has 3 heteroatoms. The van der Waals surface area contributed by atoms with Gasteiger partial charge in [-0.3, -0.25) is 0 Å². The van der Waals surface area contributed by atoms with Gasteiger partial charge in [0.05, 0.1) is 5.69 Å². The molecule has 0 saturated heterocycles. The Hall–Kier alpha value is -1.02. The first-order valence-electron chi connectivity index (χ1n) is 5.98. The van der Waals surface area contributed by atoms with Gasteiger partial charge in [0, 0.05) is 23.3 Å². The van der Waals surface area contributed by atoms with Crippen molar-refractivity contribution in [3.8, 4) is 0 Å². The minimum atomic E-state index is 0.328. The number of aromatic nitrogens is 2. The third kappa shape index (κ3) is 1.37. The van der Waals surface area contributed by atoms with Gasteiger partial charge < -0.3 is 4.40 Å². The number of hydrogen-bond donors (Lipinski definition) is 0. The van der Waals surface area contributed by atoms with Crippen molar-refractivity contribution in [2.75, 3.05) is 0 Å². The van der Waals surface area contributed by atoms with Crippen LogP contribution < -0.4 is 0 Å². The van der Waals surface area contributed by atoms with Gasteiger partial charge in [-0.1, -0.05) is 39.3 Å². The maximum Gasteiger partial charge on any atom is 0.138 e. The highest BCUT2D eigenvalue weighted by Crippen LogP contribution is 2.73. The average molecular weight is 249 g/mol. The van der Waals surface area contributed by atoms with Gasteiger partial charge in [-0.05, 0) is 23.0 Å². The molecule has 2 nitrogen and oxygen atoms in total. The van der Waals surface area contributed by atoms with Crippen molar-refractivity contribution >= 4 is 17.2 Å². The van der Waals surface area contributed by atoms with Crippen LogP contribution >= 0.6 is 11.6 Å².